The molecule has 0 aliphatic rings. The lowest BCUT2D eigenvalue weighted by Gasteiger charge is -2.26. The van der Waals surface area contributed by atoms with E-state index in [1.54, 1.807) is 0 Å². The molecule has 0 amide bonds. The molecule has 1 radical (unpaired) electrons. The van der Waals surface area contributed by atoms with Gasteiger partial charge in [0.05, 0.1) is 0 Å². The van der Waals surface area contributed by atoms with Gasteiger partial charge in [-0.15, -0.1) is 0 Å². The molecule has 0 aliphatic heterocycles. The maximum atomic E-state index is 11.6. The summed E-state index contributed by atoms with van der Waals surface area (Å²) in [5.74, 6) is -0.264. The van der Waals surface area contributed by atoms with E-state index in [-0.39, 0.29) is 5.97 Å². The standard InChI is InChI=1S/C14H25O3/c1-4-7-9-13(16)17-14(12-15,10-6-3)11-8-5-2/h4-11H2,1-3H3. The molecule has 3 nitrogen and oxygen atoms in total. The summed E-state index contributed by atoms with van der Waals surface area (Å²) in [6.45, 7) is 6.06. The number of hydrogen-bond donors (Lipinski definition) is 0. The fourth-order valence-electron chi connectivity index (χ4n) is 1.81. The summed E-state index contributed by atoms with van der Waals surface area (Å²) in [7, 11) is 0. The second-order valence-corrected chi connectivity index (χ2v) is 4.53. The Kier molecular flexibility index (Phi) is 8.73. The van der Waals surface area contributed by atoms with Crippen LogP contribution in [0.4, 0.5) is 0 Å². The van der Waals surface area contributed by atoms with Gasteiger partial charge in [-0.1, -0.05) is 40.0 Å². The Morgan fingerprint density at radius 2 is 1.71 bits per heavy atom. The minimum Gasteiger partial charge on any atom is -0.450 e. The molecule has 0 aromatic rings. The highest BCUT2D eigenvalue weighted by Gasteiger charge is 2.33. The maximum Gasteiger partial charge on any atom is 0.306 e. The van der Waals surface area contributed by atoms with Crippen molar-refractivity contribution < 1.29 is 14.3 Å². The molecule has 99 valence electrons. The monoisotopic (exact) mass is 241 g/mol. The summed E-state index contributed by atoms with van der Waals surface area (Å²) < 4.78 is 5.37. The second kappa shape index (κ2) is 9.20. The predicted octanol–water partition coefficient (Wildman–Crippen LogP) is 3.56. The molecular weight excluding hydrogens is 216 g/mol. The van der Waals surface area contributed by atoms with Gasteiger partial charge in [0.25, 0.3) is 0 Å². The van der Waals surface area contributed by atoms with E-state index in [2.05, 4.69) is 6.92 Å². The van der Waals surface area contributed by atoms with Crippen LogP contribution in [0.5, 0.6) is 0 Å². The maximum absolute atomic E-state index is 11.6. The lowest BCUT2D eigenvalue weighted by atomic mass is 9.93. The van der Waals surface area contributed by atoms with Gasteiger partial charge < -0.3 is 4.74 Å². The van der Waals surface area contributed by atoms with Crippen molar-refractivity contribution >= 4 is 12.3 Å². The first-order valence-corrected chi connectivity index (χ1v) is 6.75. The van der Waals surface area contributed by atoms with Gasteiger partial charge in [-0.05, 0) is 25.7 Å². The number of ether oxygens (including phenoxy) is 1. The van der Waals surface area contributed by atoms with Gasteiger partial charge in [-0.3, -0.25) is 9.59 Å². The highest BCUT2D eigenvalue weighted by atomic mass is 16.6. The molecule has 0 saturated carbocycles. The third-order valence-corrected chi connectivity index (χ3v) is 2.82. The third-order valence-electron chi connectivity index (χ3n) is 2.82. The van der Waals surface area contributed by atoms with Crippen LogP contribution < -0.4 is 0 Å². The van der Waals surface area contributed by atoms with E-state index in [0.717, 1.165) is 32.1 Å². The molecule has 1 unspecified atom stereocenters. The molecule has 0 bridgehead atoms. The van der Waals surface area contributed by atoms with Crippen molar-refractivity contribution in [1.82, 2.24) is 0 Å². The summed E-state index contributed by atoms with van der Waals surface area (Å²) in [6, 6.07) is 0. The molecule has 3 heteroatoms. The zero-order valence-electron chi connectivity index (χ0n) is 11.4. The first-order valence-electron chi connectivity index (χ1n) is 6.75. The van der Waals surface area contributed by atoms with Crippen LogP contribution in [0.25, 0.3) is 0 Å². The number of carbonyl (C=O) groups excluding carboxylic acids is 2. The summed E-state index contributed by atoms with van der Waals surface area (Å²) in [5.41, 5.74) is -0.990. The van der Waals surface area contributed by atoms with Gasteiger partial charge in [0, 0.05) is 6.42 Å². The van der Waals surface area contributed by atoms with E-state index in [4.69, 9.17) is 4.74 Å². The Morgan fingerprint density at radius 3 is 2.18 bits per heavy atom. The van der Waals surface area contributed by atoms with Crippen LogP contribution in [0, 0.1) is 0 Å². The zero-order chi connectivity index (χ0) is 13.1. The van der Waals surface area contributed by atoms with Crippen LogP contribution in [-0.4, -0.2) is 17.9 Å². The van der Waals surface area contributed by atoms with Crippen LogP contribution in [0.3, 0.4) is 0 Å². The lowest BCUT2D eigenvalue weighted by Crippen LogP contribution is -2.36. The first kappa shape index (κ1) is 16.1. The summed E-state index contributed by atoms with van der Waals surface area (Å²) in [5, 5.41) is 0. The van der Waals surface area contributed by atoms with Crippen LogP contribution in [0.1, 0.15) is 72.1 Å². The molecule has 0 heterocycles. The summed E-state index contributed by atoms with van der Waals surface area (Å²) in [4.78, 5) is 22.7. The van der Waals surface area contributed by atoms with E-state index in [9.17, 15) is 9.59 Å². The smallest absolute Gasteiger partial charge is 0.306 e. The number of rotatable bonds is 10. The van der Waals surface area contributed by atoms with Gasteiger partial charge in [-0.25, -0.2) is 0 Å². The van der Waals surface area contributed by atoms with E-state index < -0.39 is 5.60 Å². The summed E-state index contributed by atoms with van der Waals surface area (Å²) in [6.07, 6.45) is 8.00. The molecular formula is C14H25O3. The highest BCUT2D eigenvalue weighted by Crippen LogP contribution is 2.24. The fraction of sp³-hybridized carbons (Fsp3) is 0.857. The average Bonchev–Trinajstić information content (AvgIpc) is 2.33. The van der Waals surface area contributed by atoms with Gasteiger partial charge in [0.1, 0.15) is 0 Å². The minimum atomic E-state index is -0.990. The fourth-order valence-corrected chi connectivity index (χ4v) is 1.81. The molecule has 0 spiro atoms. The Balaban J connectivity index is 4.43. The van der Waals surface area contributed by atoms with Crippen molar-refractivity contribution in [3.8, 4) is 0 Å². The molecule has 0 N–H and O–H groups in total. The van der Waals surface area contributed by atoms with Crippen molar-refractivity contribution in [2.75, 3.05) is 0 Å². The van der Waals surface area contributed by atoms with Gasteiger partial charge in [0.2, 0.25) is 6.29 Å². The summed E-state index contributed by atoms with van der Waals surface area (Å²) >= 11 is 0. The molecule has 0 aromatic heterocycles. The van der Waals surface area contributed by atoms with E-state index in [1.807, 2.05) is 20.1 Å². The normalized spacial score (nSPS) is 14.1. The molecule has 0 saturated heterocycles. The minimum absolute atomic E-state index is 0.264. The van der Waals surface area contributed by atoms with E-state index >= 15 is 0 Å². The Bertz CT molecular complexity index is 226. The van der Waals surface area contributed by atoms with Crippen molar-refractivity contribution in [3.63, 3.8) is 0 Å². The molecule has 1 atom stereocenters. The van der Waals surface area contributed by atoms with Gasteiger partial charge >= 0.3 is 5.97 Å². The van der Waals surface area contributed by atoms with Crippen molar-refractivity contribution in [3.05, 3.63) is 0 Å². The molecule has 0 aliphatic carbocycles. The Hall–Kier alpha value is -0.860. The Morgan fingerprint density at radius 1 is 1.06 bits per heavy atom. The highest BCUT2D eigenvalue weighted by molar-refractivity contribution is 5.75. The molecule has 17 heavy (non-hydrogen) atoms. The SMILES string of the molecule is CCCCC(=O)OC([C]=O)(CCC)CCCC. The van der Waals surface area contributed by atoms with Gasteiger partial charge in [0.15, 0.2) is 5.60 Å². The van der Waals surface area contributed by atoms with Crippen LogP contribution in [0.15, 0.2) is 0 Å². The average molecular weight is 241 g/mol. The first-order chi connectivity index (χ1) is 8.14. The van der Waals surface area contributed by atoms with Crippen LogP contribution >= 0.6 is 0 Å². The Labute approximate surface area is 105 Å². The predicted molar refractivity (Wildman–Crippen MR) is 68.5 cm³/mol. The van der Waals surface area contributed by atoms with Crippen molar-refractivity contribution in [2.24, 2.45) is 0 Å². The third kappa shape index (κ3) is 6.44. The van der Waals surface area contributed by atoms with Crippen LogP contribution in [-0.2, 0) is 14.3 Å². The number of hydrogen-bond acceptors (Lipinski definition) is 3. The van der Waals surface area contributed by atoms with Gasteiger partial charge in [-0.2, -0.15) is 0 Å². The number of unbranched alkanes of at least 4 members (excludes halogenated alkanes) is 2. The lowest BCUT2D eigenvalue weighted by molar-refractivity contribution is -0.154. The largest absolute Gasteiger partial charge is 0.450 e. The molecule has 0 rings (SSSR count). The second-order valence-electron chi connectivity index (χ2n) is 4.53. The number of carbonyl (C=O) groups is 1. The molecule has 0 aromatic carbocycles. The quantitative estimate of drug-likeness (QED) is 0.549. The van der Waals surface area contributed by atoms with Crippen molar-refractivity contribution in [1.29, 1.82) is 0 Å². The van der Waals surface area contributed by atoms with E-state index in [0.29, 0.717) is 19.3 Å². The number of esters is 1. The molecule has 0 fully saturated rings. The zero-order valence-corrected chi connectivity index (χ0v) is 11.4. The van der Waals surface area contributed by atoms with Crippen LogP contribution in [0.2, 0.25) is 0 Å². The van der Waals surface area contributed by atoms with E-state index in [1.165, 1.54) is 0 Å². The van der Waals surface area contributed by atoms with Crippen molar-refractivity contribution in [2.45, 2.75) is 77.7 Å². The topological polar surface area (TPSA) is 43.4 Å².